The van der Waals surface area contributed by atoms with Crippen molar-refractivity contribution < 1.29 is 9.53 Å². The standard InChI is InChI=1S/C18H25IN2O2/c19-15-5-1-2-6-16(15)21-12-11-20-10-7-14-13-18(17(22)23-14)8-3-4-9-18/h1-2,5-6,14,20-21H,3-4,7-13H2. The minimum Gasteiger partial charge on any atom is -0.462 e. The van der Waals surface area contributed by atoms with Crippen LogP contribution < -0.4 is 10.6 Å². The van der Waals surface area contributed by atoms with Crippen molar-refractivity contribution in [3.63, 3.8) is 0 Å². The molecule has 0 amide bonds. The second kappa shape index (κ2) is 7.83. The fourth-order valence-corrected chi connectivity index (χ4v) is 4.31. The molecule has 0 aromatic heterocycles. The SMILES string of the molecule is O=C1OC(CCNCCNc2ccccc2I)CC12CCCC2. The molecule has 1 aliphatic carbocycles. The summed E-state index contributed by atoms with van der Waals surface area (Å²) in [5, 5.41) is 6.87. The van der Waals surface area contributed by atoms with E-state index in [1.165, 1.54) is 22.1 Å². The highest BCUT2D eigenvalue weighted by atomic mass is 127. The molecule has 1 saturated carbocycles. The van der Waals surface area contributed by atoms with Crippen LogP contribution in [0.15, 0.2) is 24.3 Å². The van der Waals surface area contributed by atoms with Crippen molar-refractivity contribution in [2.45, 2.75) is 44.6 Å². The van der Waals surface area contributed by atoms with Crippen molar-refractivity contribution in [2.24, 2.45) is 5.41 Å². The molecule has 1 aliphatic heterocycles. The monoisotopic (exact) mass is 428 g/mol. The molecule has 0 radical (unpaired) electrons. The predicted octanol–water partition coefficient (Wildman–Crippen LogP) is 3.56. The van der Waals surface area contributed by atoms with E-state index in [-0.39, 0.29) is 17.5 Å². The lowest BCUT2D eigenvalue weighted by atomic mass is 9.83. The summed E-state index contributed by atoms with van der Waals surface area (Å²) < 4.78 is 6.84. The zero-order chi connectivity index (χ0) is 16.1. The van der Waals surface area contributed by atoms with Gasteiger partial charge in [-0.1, -0.05) is 25.0 Å². The number of carbonyl (C=O) groups is 1. The molecular weight excluding hydrogens is 403 g/mol. The summed E-state index contributed by atoms with van der Waals surface area (Å²) in [5.74, 6) is 0.0697. The van der Waals surface area contributed by atoms with Crippen molar-refractivity contribution >= 4 is 34.2 Å². The molecule has 23 heavy (non-hydrogen) atoms. The minimum absolute atomic E-state index is 0.0697. The summed E-state index contributed by atoms with van der Waals surface area (Å²) in [7, 11) is 0. The van der Waals surface area contributed by atoms with E-state index < -0.39 is 0 Å². The maximum Gasteiger partial charge on any atom is 0.312 e. The molecule has 2 fully saturated rings. The first-order chi connectivity index (χ1) is 11.2. The Morgan fingerprint density at radius 2 is 1.96 bits per heavy atom. The first-order valence-corrected chi connectivity index (χ1v) is 9.68. The van der Waals surface area contributed by atoms with Crippen LogP contribution in [0.25, 0.3) is 0 Å². The quantitative estimate of drug-likeness (QED) is 0.396. The Morgan fingerprint density at radius 1 is 1.17 bits per heavy atom. The minimum atomic E-state index is -0.115. The normalized spacial score (nSPS) is 22.5. The van der Waals surface area contributed by atoms with Crippen LogP contribution in [0, 0.1) is 8.99 Å². The summed E-state index contributed by atoms with van der Waals surface area (Å²) in [6.45, 7) is 2.72. The van der Waals surface area contributed by atoms with Crippen LogP contribution in [0.2, 0.25) is 0 Å². The molecule has 3 rings (SSSR count). The number of esters is 1. The summed E-state index contributed by atoms with van der Waals surface area (Å²) in [6, 6.07) is 8.29. The highest BCUT2D eigenvalue weighted by Crippen LogP contribution is 2.48. The van der Waals surface area contributed by atoms with Crippen molar-refractivity contribution in [1.29, 1.82) is 0 Å². The van der Waals surface area contributed by atoms with Crippen LogP contribution in [0.1, 0.15) is 38.5 Å². The average Bonchev–Trinajstić information content (AvgIpc) is 3.13. The average molecular weight is 428 g/mol. The molecule has 1 heterocycles. The third kappa shape index (κ3) is 4.18. The Kier molecular flexibility index (Phi) is 5.80. The second-order valence-electron chi connectivity index (χ2n) is 6.66. The first-order valence-electron chi connectivity index (χ1n) is 8.60. The molecule has 126 valence electrons. The van der Waals surface area contributed by atoms with Crippen LogP contribution in [-0.4, -0.2) is 31.7 Å². The summed E-state index contributed by atoms with van der Waals surface area (Å²) in [5.41, 5.74) is 1.07. The molecule has 1 unspecified atom stereocenters. The van der Waals surface area contributed by atoms with Crippen LogP contribution in [0.5, 0.6) is 0 Å². The van der Waals surface area contributed by atoms with E-state index in [0.29, 0.717) is 0 Å². The molecule has 2 aliphatic rings. The molecule has 1 aromatic rings. The number of para-hydroxylation sites is 1. The second-order valence-corrected chi connectivity index (χ2v) is 7.83. The topological polar surface area (TPSA) is 50.4 Å². The fraction of sp³-hybridized carbons (Fsp3) is 0.611. The first kappa shape index (κ1) is 17.0. The third-order valence-corrected chi connectivity index (χ3v) is 5.96. The zero-order valence-corrected chi connectivity index (χ0v) is 15.6. The highest BCUT2D eigenvalue weighted by molar-refractivity contribution is 14.1. The molecule has 2 N–H and O–H groups in total. The Balaban J connectivity index is 1.30. The van der Waals surface area contributed by atoms with Crippen LogP contribution >= 0.6 is 22.6 Å². The Morgan fingerprint density at radius 3 is 2.74 bits per heavy atom. The third-order valence-electron chi connectivity index (χ3n) is 5.02. The van der Waals surface area contributed by atoms with Gasteiger partial charge in [-0.2, -0.15) is 0 Å². The summed E-state index contributed by atoms with van der Waals surface area (Å²) in [6.07, 6.45) is 6.43. The lowest BCUT2D eigenvalue weighted by molar-refractivity contribution is -0.148. The number of benzene rings is 1. The van der Waals surface area contributed by atoms with Crippen LogP contribution in [0.3, 0.4) is 0 Å². The number of halogens is 1. The van der Waals surface area contributed by atoms with E-state index in [9.17, 15) is 4.79 Å². The van der Waals surface area contributed by atoms with Crippen molar-refractivity contribution in [3.05, 3.63) is 27.8 Å². The number of hydrogen-bond donors (Lipinski definition) is 2. The van der Waals surface area contributed by atoms with E-state index >= 15 is 0 Å². The van der Waals surface area contributed by atoms with Gasteiger partial charge in [0.1, 0.15) is 6.10 Å². The Bertz CT molecular complexity index is 544. The van der Waals surface area contributed by atoms with Gasteiger partial charge in [-0.3, -0.25) is 4.79 Å². The number of nitrogens with one attached hydrogen (secondary N) is 2. The molecule has 4 nitrogen and oxygen atoms in total. The number of carbonyl (C=O) groups excluding carboxylic acids is 1. The van der Waals surface area contributed by atoms with Gasteiger partial charge in [0.05, 0.1) is 5.41 Å². The van der Waals surface area contributed by atoms with Gasteiger partial charge in [-0.25, -0.2) is 0 Å². The number of ether oxygens (including phenoxy) is 1. The van der Waals surface area contributed by atoms with Crippen molar-refractivity contribution in [1.82, 2.24) is 5.32 Å². The van der Waals surface area contributed by atoms with Crippen molar-refractivity contribution in [2.75, 3.05) is 25.0 Å². The molecule has 5 heteroatoms. The Hall–Kier alpha value is -0.820. The lowest BCUT2D eigenvalue weighted by Gasteiger charge is -2.16. The fourth-order valence-electron chi connectivity index (χ4n) is 3.74. The van der Waals surface area contributed by atoms with Gasteiger partial charge < -0.3 is 15.4 Å². The van der Waals surface area contributed by atoms with Gasteiger partial charge >= 0.3 is 5.97 Å². The van der Waals surface area contributed by atoms with Gasteiger partial charge in [-0.15, -0.1) is 0 Å². The van der Waals surface area contributed by atoms with Gasteiger partial charge in [0.15, 0.2) is 0 Å². The van der Waals surface area contributed by atoms with Gasteiger partial charge in [0.2, 0.25) is 0 Å². The molecule has 1 atom stereocenters. The Labute approximate surface area is 151 Å². The zero-order valence-electron chi connectivity index (χ0n) is 13.4. The maximum absolute atomic E-state index is 12.1. The van der Waals surface area contributed by atoms with Gasteiger partial charge in [0.25, 0.3) is 0 Å². The van der Waals surface area contributed by atoms with E-state index in [2.05, 4.69) is 45.4 Å². The molecule has 1 spiro atoms. The van der Waals surface area contributed by atoms with Gasteiger partial charge in [-0.05, 0) is 60.5 Å². The predicted molar refractivity (Wildman–Crippen MR) is 101 cm³/mol. The number of cyclic esters (lactones) is 1. The van der Waals surface area contributed by atoms with Crippen molar-refractivity contribution in [3.8, 4) is 0 Å². The molecule has 1 aromatic carbocycles. The van der Waals surface area contributed by atoms with Crippen LogP contribution in [0.4, 0.5) is 5.69 Å². The smallest absolute Gasteiger partial charge is 0.312 e. The van der Waals surface area contributed by atoms with Crippen LogP contribution in [-0.2, 0) is 9.53 Å². The summed E-state index contributed by atoms with van der Waals surface area (Å²) in [4.78, 5) is 12.1. The molecule has 0 bridgehead atoms. The van der Waals surface area contributed by atoms with E-state index in [4.69, 9.17) is 4.74 Å². The van der Waals surface area contributed by atoms with E-state index in [0.717, 1.165) is 45.3 Å². The number of rotatable bonds is 7. The molecular formula is C18H25IN2O2. The van der Waals surface area contributed by atoms with Gasteiger partial charge in [0, 0.05) is 28.8 Å². The number of anilines is 1. The molecule has 1 saturated heterocycles. The highest BCUT2D eigenvalue weighted by Gasteiger charge is 2.49. The number of hydrogen-bond acceptors (Lipinski definition) is 4. The summed E-state index contributed by atoms with van der Waals surface area (Å²) >= 11 is 2.34. The lowest BCUT2D eigenvalue weighted by Crippen LogP contribution is -2.26. The van der Waals surface area contributed by atoms with E-state index in [1.54, 1.807) is 0 Å². The van der Waals surface area contributed by atoms with E-state index in [1.807, 2.05) is 12.1 Å². The maximum atomic E-state index is 12.1. The largest absolute Gasteiger partial charge is 0.462 e.